The predicted octanol–water partition coefficient (Wildman–Crippen LogP) is 4.40. The molecule has 0 N–H and O–H groups in total. The minimum atomic E-state index is 0.0722. The number of aromatic nitrogens is 3. The molecule has 1 heterocycles. The maximum Gasteiger partial charge on any atom is 0.227 e. The Bertz CT molecular complexity index is 788. The van der Waals surface area contributed by atoms with Crippen LogP contribution >= 0.6 is 23.2 Å². The van der Waals surface area contributed by atoms with Gasteiger partial charge < -0.3 is 4.74 Å². The zero-order chi connectivity index (χ0) is 14.8. The van der Waals surface area contributed by atoms with Gasteiger partial charge >= 0.3 is 0 Å². The highest BCUT2D eigenvalue weighted by atomic mass is 35.5. The standard InChI is InChI=1S/C15H11Cl2N3O/c1-2-21-12-8-7-11(9-5-3-4-6-10(9)12)13-18-14(16)20-15(17)19-13/h3-8H,2H2,1H3. The largest absolute Gasteiger partial charge is 0.493 e. The number of nitrogens with zero attached hydrogens (tertiary/aromatic N) is 3. The number of rotatable bonds is 3. The first kappa shape index (κ1) is 14.0. The molecule has 6 heteroatoms. The van der Waals surface area contributed by atoms with Crippen LogP contribution in [0.3, 0.4) is 0 Å². The molecule has 3 rings (SSSR count). The summed E-state index contributed by atoms with van der Waals surface area (Å²) >= 11 is 11.7. The summed E-state index contributed by atoms with van der Waals surface area (Å²) < 4.78 is 5.65. The molecule has 21 heavy (non-hydrogen) atoms. The second-order valence-electron chi connectivity index (χ2n) is 4.29. The Kier molecular flexibility index (Phi) is 3.90. The number of benzene rings is 2. The molecule has 4 nitrogen and oxygen atoms in total. The second kappa shape index (κ2) is 5.84. The van der Waals surface area contributed by atoms with Crippen molar-refractivity contribution in [3.8, 4) is 17.1 Å². The van der Waals surface area contributed by atoms with Crippen LogP contribution in [0, 0.1) is 0 Å². The molecule has 2 aromatic carbocycles. The summed E-state index contributed by atoms with van der Waals surface area (Å²) in [6.45, 7) is 2.56. The fraction of sp³-hybridized carbons (Fsp3) is 0.133. The monoisotopic (exact) mass is 319 g/mol. The van der Waals surface area contributed by atoms with Crippen molar-refractivity contribution in [2.45, 2.75) is 6.92 Å². The normalized spacial score (nSPS) is 10.8. The number of fused-ring (bicyclic) bond motifs is 1. The SMILES string of the molecule is CCOc1ccc(-c2nc(Cl)nc(Cl)n2)c2ccccc12. The Morgan fingerprint density at radius 2 is 1.57 bits per heavy atom. The van der Waals surface area contributed by atoms with E-state index in [9.17, 15) is 0 Å². The molecule has 0 amide bonds. The van der Waals surface area contributed by atoms with E-state index in [-0.39, 0.29) is 10.6 Å². The van der Waals surface area contributed by atoms with Crippen molar-refractivity contribution >= 4 is 34.0 Å². The molecule has 1 aromatic heterocycles. The van der Waals surface area contributed by atoms with Gasteiger partial charge in [-0.1, -0.05) is 24.3 Å². The lowest BCUT2D eigenvalue weighted by Gasteiger charge is -2.11. The van der Waals surface area contributed by atoms with E-state index in [0.29, 0.717) is 12.4 Å². The zero-order valence-corrected chi connectivity index (χ0v) is 12.7. The van der Waals surface area contributed by atoms with Crippen molar-refractivity contribution in [1.29, 1.82) is 0 Å². The Hall–Kier alpha value is -1.91. The van der Waals surface area contributed by atoms with Crippen LogP contribution in [-0.2, 0) is 0 Å². The van der Waals surface area contributed by atoms with Crippen LogP contribution < -0.4 is 4.74 Å². The Labute approximate surface area is 131 Å². The molecular weight excluding hydrogens is 309 g/mol. The van der Waals surface area contributed by atoms with Crippen molar-refractivity contribution < 1.29 is 4.74 Å². The van der Waals surface area contributed by atoms with Crippen molar-refractivity contribution in [3.05, 3.63) is 47.0 Å². The van der Waals surface area contributed by atoms with Crippen LogP contribution in [-0.4, -0.2) is 21.6 Å². The summed E-state index contributed by atoms with van der Waals surface area (Å²) in [5.74, 6) is 1.27. The molecule has 0 aliphatic heterocycles. The third kappa shape index (κ3) is 2.77. The lowest BCUT2D eigenvalue weighted by atomic mass is 10.0. The molecule has 0 radical (unpaired) electrons. The molecule has 0 bridgehead atoms. The van der Waals surface area contributed by atoms with E-state index in [1.165, 1.54) is 0 Å². The van der Waals surface area contributed by atoms with Gasteiger partial charge in [-0.2, -0.15) is 15.0 Å². The summed E-state index contributed by atoms with van der Waals surface area (Å²) in [7, 11) is 0. The Morgan fingerprint density at radius 3 is 2.24 bits per heavy atom. The minimum Gasteiger partial charge on any atom is -0.493 e. The fourth-order valence-corrected chi connectivity index (χ4v) is 2.56. The minimum absolute atomic E-state index is 0.0722. The first-order valence-corrected chi connectivity index (χ1v) is 7.16. The van der Waals surface area contributed by atoms with E-state index < -0.39 is 0 Å². The molecule has 0 aliphatic carbocycles. The summed E-state index contributed by atoms with van der Waals surface area (Å²) in [4.78, 5) is 12.1. The number of ether oxygens (including phenoxy) is 1. The lowest BCUT2D eigenvalue weighted by Crippen LogP contribution is -1.96. The summed E-state index contributed by atoms with van der Waals surface area (Å²) in [5.41, 5.74) is 0.834. The topological polar surface area (TPSA) is 47.9 Å². The molecule has 0 aliphatic rings. The van der Waals surface area contributed by atoms with E-state index in [2.05, 4.69) is 15.0 Å². The summed E-state index contributed by atoms with van der Waals surface area (Å²) in [5, 5.41) is 2.11. The first-order chi connectivity index (χ1) is 10.2. The van der Waals surface area contributed by atoms with Gasteiger partial charge in [0, 0.05) is 10.9 Å². The van der Waals surface area contributed by atoms with Crippen LogP contribution in [0.25, 0.3) is 22.2 Å². The highest BCUT2D eigenvalue weighted by molar-refractivity contribution is 6.31. The van der Waals surface area contributed by atoms with Crippen LogP contribution in [0.1, 0.15) is 6.92 Å². The van der Waals surface area contributed by atoms with Crippen molar-refractivity contribution in [2.75, 3.05) is 6.61 Å². The van der Waals surface area contributed by atoms with E-state index in [1.807, 2.05) is 43.3 Å². The predicted molar refractivity (Wildman–Crippen MR) is 84.0 cm³/mol. The smallest absolute Gasteiger partial charge is 0.227 e. The quantitative estimate of drug-likeness (QED) is 0.718. The van der Waals surface area contributed by atoms with Gasteiger partial charge in [-0.25, -0.2) is 0 Å². The van der Waals surface area contributed by atoms with Crippen LogP contribution in [0.15, 0.2) is 36.4 Å². The molecule has 0 saturated heterocycles. The second-order valence-corrected chi connectivity index (χ2v) is 4.96. The van der Waals surface area contributed by atoms with Crippen molar-refractivity contribution in [3.63, 3.8) is 0 Å². The highest BCUT2D eigenvalue weighted by Gasteiger charge is 2.12. The maximum absolute atomic E-state index is 5.86. The average molecular weight is 320 g/mol. The molecule has 0 saturated carbocycles. The van der Waals surface area contributed by atoms with Gasteiger partial charge in [0.15, 0.2) is 5.82 Å². The van der Waals surface area contributed by atoms with Crippen molar-refractivity contribution in [1.82, 2.24) is 15.0 Å². The first-order valence-electron chi connectivity index (χ1n) is 6.41. The maximum atomic E-state index is 5.86. The van der Waals surface area contributed by atoms with E-state index >= 15 is 0 Å². The molecule has 0 fully saturated rings. The average Bonchev–Trinajstić information content (AvgIpc) is 2.47. The Morgan fingerprint density at radius 1 is 0.905 bits per heavy atom. The lowest BCUT2D eigenvalue weighted by molar-refractivity contribution is 0.344. The van der Waals surface area contributed by atoms with Crippen LogP contribution in [0.4, 0.5) is 0 Å². The van der Waals surface area contributed by atoms with Gasteiger partial charge in [-0.05, 0) is 47.6 Å². The van der Waals surface area contributed by atoms with Gasteiger partial charge in [0.2, 0.25) is 10.6 Å². The van der Waals surface area contributed by atoms with Gasteiger partial charge in [0.1, 0.15) is 5.75 Å². The van der Waals surface area contributed by atoms with Gasteiger partial charge in [0.05, 0.1) is 6.61 Å². The summed E-state index contributed by atoms with van der Waals surface area (Å²) in [6.07, 6.45) is 0. The van der Waals surface area contributed by atoms with Gasteiger partial charge in [0.25, 0.3) is 0 Å². The molecule has 0 atom stereocenters. The number of hydrogen-bond acceptors (Lipinski definition) is 4. The molecule has 0 unspecified atom stereocenters. The number of hydrogen-bond donors (Lipinski definition) is 0. The molecule has 0 spiro atoms. The van der Waals surface area contributed by atoms with Crippen LogP contribution in [0.5, 0.6) is 5.75 Å². The van der Waals surface area contributed by atoms with E-state index in [1.54, 1.807) is 0 Å². The third-order valence-electron chi connectivity index (χ3n) is 3.01. The highest BCUT2D eigenvalue weighted by Crippen LogP contribution is 2.33. The summed E-state index contributed by atoms with van der Waals surface area (Å²) in [6, 6.07) is 11.7. The van der Waals surface area contributed by atoms with E-state index in [4.69, 9.17) is 27.9 Å². The Balaban J connectivity index is 2.26. The molecule has 106 valence electrons. The van der Waals surface area contributed by atoms with Gasteiger partial charge in [-0.15, -0.1) is 0 Å². The van der Waals surface area contributed by atoms with E-state index in [0.717, 1.165) is 22.1 Å². The van der Waals surface area contributed by atoms with Gasteiger partial charge in [-0.3, -0.25) is 0 Å². The third-order valence-corrected chi connectivity index (χ3v) is 3.34. The van der Waals surface area contributed by atoms with Crippen molar-refractivity contribution in [2.24, 2.45) is 0 Å². The van der Waals surface area contributed by atoms with Crippen LogP contribution in [0.2, 0.25) is 10.6 Å². The fourth-order valence-electron chi connectivity index (χ4n) is 2.19. The molecule has 3 aromatic rings. The molecular formula is C15H11Cl2N3O. The zero-order valence-electron chi connectivity index (χ0n) is 11.2. The number of halogens is 2.